The van der Waals surface area contributed by atoms with E-state index in [9.17, 15) is 0 Å². The Bertz CT molecular complexity index is 482. The van der Waals surface area contributed by atoms with E-state index >= 15 is 0 Å². The molecule has 0 saturated heterocycles. The van der Waals surface area contributed by atoms with Crippen molar-refractivity contribution in [2.75, 3.05) is 7.11 Å². The number of carboxylic acid groups (broad SMARTS) is 1. The molecule has 0 aliphatic rings. The summed E-state index contributed by atoms with van der Waals surface area (Å²) in [6.45, 7) is 1.77. The maximum Gasteiger partial charge on any atom is 0.300 e. The Morgan fingerprint density at radius 3 is 2.41 bits per heavy atom. The van der Waals surface area contributed by atoms with Crippen LogP contribution in [0.2, 0.25) is 0 Å². The predicted octanol–water partition coefficient (Wildman–Crippen LogP) is 3.08. The van der Waals surface area contributed by atoms with Crippen molar-refractivity contribution in [1.29, 1.82) is 0 Å². The van der Waals surface area contributed by atoms with Crippen LogP contribution in [0.4, 0.5) is 0 Å². The molecule has 3 heteroatoms. The van der Waals surface area contributed by atoms with Crippen molar-refractivity contribution in [1.82, 2.24) is 0 Å². The van der Waals surface area contributed by atoms with Crippen LogP contribution in [0.15, 0.2) is 42.5 Å². The van der Waals surface area contributed by atoms with Gasteiger partial charge in [0.25, 0.3) is 5.97 Å². The standard InChI is InChI=1S/C12H12O.C2H4O2/c1-13-9-11-7-4-6-10-5-2-3-8-12(10)11;1-2(3)4/h2-8H,9H2,1H3;1H3,(H,3,4). The molecule has 0 atom stereocenters. The van der Waals surface area contributed by atoms with Crippen LogP contribution in [0, 0.1) is 0 Å². The molecule has 0 saturated carbocycles. The second kappa shape index (κ2) is 6.66. The average Bonchev–Trinajstić information content (AvgIpc) is 2.29. The van der Waals surface area contributed by atoms with Crippen molar-refractivity contribution in [3.05, 3.63) is 48.0 Å². The maximum absolute atomic E-state index is 9.00. The molecule has 0 fully saturated rings. The van der Waals surface area contributed by atoms with E-state index in [1.54, 1.807) is 7.11 Å². The van der Waals surface area contributed by atoms with Gasteiger partial charge < -0.3 is 9.84 Å². The van der Waals surface area contributed by atoms with Crippen molar-refractivity contribution in [2.45, 2.75) is 13.5 Å². The number of aliphatic carboxylic acids is 1. The predicted molar refractivity (Wildman–Crippen MR) is 68.0 cm³/mol. The highest BCUT2D eigenvalue weighted by Crippen LogP contribution is 2.18. The fourth-order valence-electron chi connectivity index (χ4n) is 1.57. The average molecular weight is 232 g/mol. The molecular weight excluding hydrogens is 216 g/mol. The topological polar surface area (TPSA) is 46.5 Å². The van der Waals surface area contributed by atoms with Gasteiger partial charge in [-0.3, -0.25) is 4.79 Å². The normalized spacial score (nSPS) is 9.53. The lowest BCUT2D eigenvalue weighted by Crippen LogP contribution is -1.88. The third kappa shape index (κ3) is 4.25. The third-order valence-corrected chi connectivity index (χ3v) is 2.18. The third-order valence-electron chi connectivity index (χ3n) is 2.18. The van der Waals surface area contributed by atoms with Crippen LogP contribution < -0.4 is 0 Å². The van der Waals surface area contributed by atoms with Gasteiger partial charge in [-0.25, -0.2) is 0 Å². The molecule has 0 amide bonds. The zero-order chi connectivity index (χ0) is 12.7. The van der Waals surface area contributed by atoms with Gasteiger partial charge in [-0.05, 0) is 16.3 Å². The Balaban J connectivity index is 0.000000317. The highest BCUT2D eigenvalue weighted by atomic mass is 16.5. The lowest BCUT2D eigenvalue weighted by molar-refractivity contribution is -0.134. The second-order valence-electron chi connectivity index (χ2n) is 3.59. The molecule has 2 rings (SSSR count). The molecule has 3 nitrogen and oxygen atoms in total. The van der Waals surface area contributed by atoms with Crippen molar-refractivity contribution < 1.29 is 14.6 Å². The minimum atomic E-state index is -0.833. The number of hydrogen-bond acceptors (Lipinski definition) is 2. The van der Waals surface area contributed by atoms with Gasteiger partial charge in [-0.1, -0.05) is 42.5 Å². The van der Waals surface area contributed by atoms with Gasteiger partial charge in [-0.15, -0.1) is 0 Å². The molecule has 0 aromatic heterocycles. The first-order valence-electron chi connectivity index (χ1n) is 5.30. The molecule has 0 radical (unpaired) electrons. The first-order chi connectivity index (χ1) is 8.15. The van der Waals surface area contributed by atoms with Gasteiger partial charge in [0.05, 0.1) is 6.61 Å². The molecule has 2 aromatic rings. The highest BCUT2D eigenvalue weighted by molar-refractivity contribution is 5.85. The molecule has 1 N–H and O–H groups in total. The Hall–Kier alpha value is -1.87. The zero-order valence-electron chi connectivity index (χ0n) is 10.0. The smallest absolute Gasteiger partial charge is 0.300 e. The summed E-state index contributed by atoms with van der Waals surface area (Å²) < 4.78 is 5.14. The van der Waals surface area contributed by atoms with Crippen molar-refractivity contribution >= 4 is 16.7 Å². The first-order valence-corrected chi connectivity index (χ1v) is 5.30. The maximum atomic E-state index is 9.00. The summed E-state index contributed by atoms with van der Waals surface area (Å²) in [5.74, 6) is -0.833. The summed E-state index contributed by atoms with van der Waals surface area (Å²) >= 11 is 0. The van der Waals surface area contributed by atoms with E-state index < -0.39 is 5.97 Å². The van der Waals surface area contributed by atoms with Crippen LogP contribution >= 0.6 is 0 Å². The number of carbonyl (C=O) groups is 1. The van der Waals surface area contributed by atoms with E-state index in [0.29, 0.717) is 6.61 Å². The second-order valence-corrected chi connectivity index (χ2v) is 3.59. The van der Waals surface area contributed by atoms with E-state index in [-0.39, 0.29) is 0 Å². The molecule has 90 valence electrons. The van der Waals surface area contributed by atoms with E-state index in [1.165, 1.54) is 16.3 Å². The molecule has 0 heterocycles. The Labute approximate surface area is 101 Å². The van der Waals surface area contributed by atoms with Gasteiger partial charge in [0.15, 0.2) is 0 Å². The largest absolute Gasteiger partial charge is 0.481 e. The minimum Gasteiger partial charge on any atom is -0.481 e. The summed E-state index contributed by atoms with van der Waals surface area (Å²) in [6.07, 6.45) is 0. The molecule has 0 aliphatic carbocycles. The van der Waals surface area contributed by atoms with E-state index in [4.69, 9.17) is 14.6 Å². The Morgan fingerprint density at radius 1 is 1.18 bits per heavy atom. The van der Waals surface area contributed by atoms with Crippen LogP contribution in [0.5, 0.6) is 0 Å². The lowest BCUT2D eigenvalue weighted by Gasteiger charge is -2.04. The van der Waals surface area contributed by atoms with Crippen LogP contribution in [0.3, 0.4) is 0 Å². The van der Waals surface area contributed by atoms with E-state index in [0.717, 1.165) is 6.92 Å². The summed E-state index contributed by atoms with van der Waals surface area (Å²) in [4.78, 5) is 9.00. The zero-order valence-corrected chi connectivity index (χ0v) is 10.0. The lowest BCUT2D eigenvalue weighted by atomic mass is 10.1. The van der Waals surface area contributed by atoms with Crippen molar-refractivity contribution in [3.8, 4) is 0 Å². The molecule has 2 aromatic carbocycles. The van der Waals surface area contributed by atoms with Crippen molar-refractivity contribution in [2.24, 2.45) is 0 Å². The molecule has 0 unspecified atom stereocenters. The first kappa shape index (κ1) is 13.2. The molecule has 0 spiro atoms. The van der Waals surface area contributed by atoms with E-state index in [2.05, 4.69) is 42.5 Å². The summed E-state index contributed by atoms with van der Waals surface area (Å²) in [5.41, 5.74) is 1.25. The fraction of sp³-hybridized carbons (Fsp3) is 0.214. The van der Waals surface area contributed by atoms with Gasteiger partial charge in [0.2, 0.25) is 0 Å². The summed E-state index contributed by atoms with van der Waals surface area (Å²) in [7, 11) is 1.72. The number of ether oxygens (including phenoxy) is 1. The number of benzene rings is 2. The van der Waals surface area contributed by atoms with Gasteiger partial charge >= 0.3 is 0 Å². The van der Waals surface area contributed by atoms with Gasteiger partial charge in [0, 0.05) is 14.0 Å². The molecule has 0 bridgehead atoms. The van der Waals surface area contributed by atoms with Crippen LogP contribution in [-0.2, 0) is 16.1 Å². The molecule has 17 heavy (non-hydrogen) atoms. The van der Waals surface area contributed by atoms with Crippen molar-refractivity contribution in [3.63, 3.8) is 0 Å². The number of methoxy groups -OCH3 is 1. The van der Waals surface area contributed by atoms with Crippen LogP contribution in [-0.4, -0.2) is 18.2 Å². The Kier molecular flexibility index (Phi) is 5.17. The number of hydrogen-bond donors (Lipinski definition) is 1. The molecule has 0 aliphatic heterocycles. The monoisotopic (exact) mass is 232 g/mol. The van der Waals surface area contributed by atoms with E-state index in [1.807, 2.05) is 0 Å². The summed E-state index contributed by atoms with van der Waals surface area (Å²) in [5, 5.41) is 9.98. The number of fused-ring (bicyclic) bond motifs is 1. The van der Waals surface area contributed by atoms with Gasteiger partial charge in [-0.2, -0.15) is 0 Å². The van der Waals surface area contributed by atoms with Crippen LogP contribution in [0.1, 0.15) is 12.5 Å². The van der Waals surface area contributed by atoms with Crippen LogP contribution in [0.25, 0.3) is 10.8 Å². The van der Waals surface area contributed by atoms with Gasteiger partial charge in [0.1, 0.15) is 0 Å². The number of rotatable bonds is 2. The number of carboxylic acids is 1. The Morgan fingerprint density at radius 2 is 1.76 bits per heavy atom. The minimum absolute atomic E-state index is 0.682. The SMILES string of the molecule is CC(=O)O.COCc1cccc2ccccc12. The fourth-order valence-corrected chi connectivity index (χ4v) is 1.57. The molecular formula is C14H16O3. The summed E-state index contributed by atoms with van der Waals surface area (Å²) in [6, 6.07) is 14.6. The highest BCUT2D eigenvalue weighted by Gasteiger charge is 1.97. The quantitative estimate of drug-likeness (QED) is 0.865.